The number of hydrogen-bond acceptors (Lipinski definition) is 2. The van der Waals surface area contributed by atoms with Crippen LogP contribution < -0.4 is 11.3 Å². The van der Waals surface area contributed by atoms with Gasteiger partial charge in [-0.25, -0.2) is 0 Å². The molecule has 21 heavy (non-hydrogen) atoms. The lowest BCUT2D eigenvalue weighted by molar-refractivity contribution is 0.209. The minimum Gasteiger partial charge on any atom is -0.271 e. The van der Waals surface area contributed by atoms with E-state index in [1.807, 2.05) is 0 Å². The molecule has 0 bridgehead atoms. The number of nitrogens with one attached hydrogen (secondary N) is 1. The average Bonchev–Trinajstić information content (AvgIpc) is 2.54. The third kappa shape index (κ3) is 8.21. The van der Waals surface area contributed by atoms with Gasteiger partial charge in [0.1, 0.15) is 0 Å². The third-order valence-corrected chi connectivity index (χ3v) is 5.62. The molecule has 0 aromatic heterocycles. The van der Waals surface area contributed by atoms with Crippen molar-refractivity contribution in [1.82, 2.24) is 5.43 Å². The largest absolute Gasteiger partial charge is 0.271 e. The van der Waals surface area contributed by atoms with Crippen molar-refractivity contribution in [2.75, 3.05) is 0 Å². The lowest BCUT2D eigenvalue weighted by Crippen LogP contribution is -2.42. The Hall–Kier alpha value is -0.0800. The third-order valence-electron chi connectivity index (χ3n) is 5.62. The molecule has 0 radical (unpaired) electrons. The Bertz CT molecular complexity index is 222. The van der Waals surface area contributed by atoms with Crippen LogP contribution in [-0.4, -0.2) is 6.04 Å². The number of hydrazine groups is 1. The summed E-state index contributed by atoms with van der Waals surface area (Å²) in [4.78, 5) is 0. The zero-order chi connectivity index (χ0) is 15.3. The molecule has 1 fully saturated rings. The smallest absolute Gasteiger partial charge is 0.0238 e. The topological polar surface area (TPSA) is 38.0 Å². The first-order chi connectivity index (χ1) is 10.3. The second kappa shape index (κ2) is 12.5. The molecule has 1 aliphatic carbocycles. The van der Waals surface area contributed by atoms with Crippen molar-refractivity contribution in [3.05, 3.63) is 0 Å². The second-order valence-electron chi connectivity index (χ2n) is 7.23. The van der Waals surface area contributed by atoms with Gasteiger partial charge in [-0.1, -0.05) is 84.5 Å². The summed E-state index contributed by atoms with van der Waals surface area (Å²) < 4.78 is 0. The van der Waals surface area contributed by atoms with Crippen LogP contribution in [0, 0.1) is 11.8 Å². The predicted octanol–water partition coefficient (Wildman–Crippen LogP) is 5.57. The summed E-state index contributed by atoms with van der Waals surface area (Å²) in [7, 11) is 0. The Morgan fingerprint density at radius 2 is 1.43 bits per heavy atom. The fraction of sp³-hybridized carbons (Fsp3) is 1.00. The summed E-state index contributed by atoms with van der Waals surface area (Å²) in [6.45, 7) is 4.62. The van der Waals surface area contributed by atoms with E-state index in [9.17, 15) is 0 Å². The molecule has 0 spiro atoms. The maximum absolute atomic E-state index is 5.82. The Labute approximate surface area is 133 Å². The molecule has 0 aromatic carbocycles. The molecule has 0 aliphatic heterocycles. The van der Waals surface area contributed by atoms with E-state index in [0.717, 1.165) is 11.8 Å². The zero-order valence-electron chi connectivity index (χ0n) is 14.7. The summed E-state index contributed by atoms with van der Waals surface area (Å²) in [6.07, 6.45) is 19.5. The van der Waals surface area contributed by atoms with Gasteiger partial charge >= 0.3 is 0 Å². The minimum absolute atomic E-state index is 0.572. The molecule has 1 atom stereocenters. The Kier molecular flexibility index (Phi) is 11.3. The molecule has 1 saturated carbocycles. The quantitative estimate of drug-likeness (QED) is 0.281. The van der Waals surface area contributed by atoms with Crippen molar-refractivity contribution in [2.45, 2.75) is 110 Å². The van der Waals surface area contributed by atoms with Crippen molar-refractivity contribution in [1.29, 1.82) is 0 Å². The van der Waals surface area contributed by atoms with Gasteiger partial charge in [0.25, 0.3) is 0 Å². The molecule has 0 amide bonds. The van der Waals surface area contributed by atoms with Crippen molar-refractivity contribution >= 4 is 0 Å². The van der Waals surface area contributed by atoms with Crippen molar-refractivity contribution in [3.8, 4) is 0 Å². The van der Waals surface area contributed by atoms with E-state index in [-0.39, 0.29) is 0 Å². The highest BCUT2D eigenvalue weighted by Crippen LogP contribution is 2.33. The molecule has 0 saturated heterocycles. The van der Waals surface area contributed by atoms with E-state index in [4.69, 9.17) is 5.84 Å². The van der Waals surface area contributed by atoms with Crippen LogP contribution in [0.2, 0.25) is 0 Å². The van der Waals surface area contributed by atoms with Crippen LogP contribution in [0.15, 0.2) is 0 Å². The normalized spacial score (nSPS) is 24.1. The Morgan fingerprint density at radius 1 is 0.857 bits per heavy atom. The Morgan fingerprint density at radius 3 is 1.95 bits per heavy atom. The van der Waals surface area contributed by atoms with Crippen LogP contribution in [0.1, 0.15) is 104 Å². The van der Waals surface area contributed by atoms with Gasteiger partial charge < -0.3 is 0 Å². The summed E-state index contributed by atoms with van der Waals surface area (Å²) in [5, 5.41) is 0. The fourth-order valence-corrected chi connectivity index (χ4v) is 3.95. The van der Waals surface area contributed by atoms with Gasteiger partial charge in [-0.15, -0.1) is 0 Å². The average molecular weight is 297 g/mol. The highest BCUT2D eigenvalue weighted by Gasteiger charge is 2.25. The molecule has 1 unspecified atom stereocenters. The number of rotatable bonds is 12. The molecule has 3 N–H and O–H groups in total. The summed E-state index contributed by atoms with van der Waals surface area (Å²) in [5.41, 5.74) is 3.12. The van der Waals surface area contributed by atoms with Crippen molar-refractivity contribution in [2.24, 2.45) is 17.7 Å². The molecule has 0 heterocycles. The first-order valence-corrected chi connectivity index (χ1v) is 9.77. The molecule has 0 aromatic rings. The molecule has 126 valence electrons. The highest BCUT2D eigenvalue weighted by molar-refractivity contribution is 4.80. The van der Waals surface area contributed by atoms with Gasteiger partial charge in [0, 0.05) is 6.04 Å². The van der Waals surface area contributed by atoms with E-state index in [2.05, 4.69) is 19.3 Å². The predicted molar refractivity (Wildman–Crippen MR) is 94.1 cm³/mol. The maximum atomic E-state index is 5.82. The monoisotopic (exact) mass is 296 g/mol. The van der Waals surface area contributed by atoms with Crippen LogP contribution in [0.3, 0.4) is 0 Å². The van der Waals surface area contributed by atoms with E-state index in [1.54, 1.807) is 0 Å². The van der Waals surface area contributed by atoms with Crippen LogP contribution in [0.25, 0.3) is 0 Å². The van der Waals surface area contributed by atoms with Crippen LogP contribution in [0.5, 0.6) is 0 Å². The number of hydrogen-bond donors (Lipinski definition) is 2. The highest BCUT2D eigenvalue weighted by atomic mass is 15.2. The van der Waals surface area contributed by atoms with Gasteiger partial charge in [0.2, 0.25) is 0 Å². The maximum Gasteiger partial charge on any atom is 0.0238 e. The van der Waals surface area contributed by atoms with Crippen molar-refractivity contribution < 1.29 is 0 Å². The van der Waals surface area contributed by atoms with Gasteiger partial charge in [-0.05, 0) is 31.1 Å². The first-order valence-electron chi connectivity index (χ1n) is 9.77. The van der Waals surface area contributed by atoms with Gasteiger partial charge in [-0.2, -0.15) is 0 Å². The lowest BCUT2D eigenvalue weighted by Gasteiger charge is -2.33. The molecule has 2 nitrogen and oxygen atoms in total. The fourth-order valence-electron chi connectivity index (χ4n) is 3.95. The Balaban J connectivity index is 2.03. The summed E-state index contributed by atoms with van der Waals surface area (Å²) in [5.74, 6) is 7.64. The van der Waals surface area contributed by atoms with Gasteiger partial charge in [0.15, 0.2) is 0 Å². The minimum atomic E-state index is 0.572. The molecule has 1 rings (SSSR count). The summed E-state index contributed by atoms with van der Waals surface area (Å²) >= 11 is 0. The first kappa shape index (κ1) is 19.0. The van der Waals surface area contributed by atoms with E-state index < -0.39 is 0 Å². The molecule has 1 aliphatic rings. The van der Waals surface area contributed by atoms with Crippen LogP contribution in [0.4, 0.5) is 0 Å². The molecular weight excluding hydrogens is 256 g/mol. The van der Waals surface area contributed by atoms with Crippen LogP contribution >= 0.6 is 0 Å². The van der Waals surface area contributed by atoms with Gasteiger partial charge in [-0.3, -0.25) is 11.3 Å². The standard InChI is InChI=1S/C19H40N2/c1-3-5-6-7-8-9-10-11-12-19(21-20)18-15-13-17(4-2)14-16-18/h17-19,21H,3-16,20H2,1-2H3. The lowest BCUT2D eigenvalue weighted by atomic mass is 9.76. The zero-order valence-corrected chi connectivity index (χ0v) is 14.7. The van der Waals surface area contributed by atoms with Crippen molar-refractivity contribution in [3.63, 3.8) is 0 Å². The SMILES string of the molecule is CCCCCCCCCCC(NN)C1CCC(CC)CC1. The number of nitrogens with two attached hydrogens (primary N) is 1. The van der Waals surface area contributed by atoms with E-state index in [0.29, 0.717) is 6.04 Å². The molecule has 2 heteroatoms. The van der Waals surface area contributed by atoms with E-state index >= 15 is 0 Å². The van der Waals surface area contributed by atoms with E-state index in [1.165, 1.54) is 89.9 Å². The second-order valence-corrected chi connectivity index (χ2v) is 7.23. The number of unbranched alkanes of at least 4 members (excludes halogenated alkanes) is 7. The van der Waals surface area contributed by atoms with Gasteiger partial charge in [0.05, 0.1) is 0 Å². The van der Waals surface area contributed by atoms with Crippen LogP contribution in [-0.2, 0) is 0 Å². The summed E-state index contributed by atoms with van der Waals surface area (Å²) in [6, 6.07) is 0.572. The molecular formula is C19H40N2.